The van der Waals surface area contributed by atoms with E-state index in [1.54, 1.807) is 38.5 Å². The zero-order valence-electron chi connectivity index (χ0n) is 11.4. The van der Waals surface area contributed by atoms with Gasteiger partial charge in [0.1, 0.15) is 0 Å². The zero-order chi connectivity index (χ0) is 14.4. The Balaban J connectivity index is 2.81. The third kappa shape index (κ3) is 3.94. The van der Waals surface area contributed by atoms with E-state index in [2.05, 4.69) is 4.98 Å². The molecule has 0 bridgehead atoms. The largest absolute Gasteiger partial charge is 0.481 e. The van der Waals surface area contributed by atoms with Crippen LogP contribution in [-0.4, -0.2) is 46.6 Å². The fourth-order valence-electron chi connectivity index (χ4n) is 1.85. The van der Waals surface area contributed by atoms with Gasteiger partial charge in [0, 0.05) is 25.8 Å². The summed E-state index contributed by atoms with van der Waals surface area (Å²) in [6, 6.07) is 2.94. The van der Waals surface area contributed by atoms with Crippen molar-refractivity contribution < 1.29 is 14.7 Å². The van der Waals surface area contributed by atoms with Gasteiger partial charge in [0.05, 0.1) is 18.3 Å². The van der Waals surface area contributed by atoms with E-state index < -0.39 is 5.97 Å². The van der Waals surface area contributed by atoms with Gasteiger partial charge in [0.15, 0.2) is 0 Å². The van der Waals surface area contributed by atoms with Gasteiger partial charge in [-0.25, -0.2) is 4.79 Å². The first-order valence-electron chi connectivity index (χ1n) is 6.13. The van der Waals surface area contributed by atoms with E-state index in [0.717, 1.165) is 0 Å². The number of carbonyl (C=O) groups is 2. The minimum atomic E-state index is -0.914. The summed E-state index contributed by atoms with van der Waals surface area (Å²) in [7, 11) is 1.65. The third-order valence-corrected chi connectivity index (χ3v) is 2.91. The van der Waals surface area contributed by atoms with Crippen molar-refractivity contribution >= 4 is 17.7 Å². The number of amides is 2. The Morgan fingerprint density at radius 3 is 2.63 bits per heavy atom. The normalized spacial score (nSPS) is 11.7. The van der Waals surface area contributed by atoms with Crippen molar-refractivity contribution in [3.63, 3.8) is 0 Å². The first kappa shape index (κ1) is 14.9. The van der Waals surface area contributed by atoms with Gasteiger partial charge in [-0.1, -0.05) is 0 Å². The highest BCUT2D eigenvalue weighted by molar-refractivity contribution is 5.91. The predicted octanol–water partition coefficient (Wildman–Crippen LogP) is 1.82. The number of rotatable bonds is 5. The van der Waals surface area contributed by atoms with Crippen LogP contribution in [0, 0.1) is 0 Å². The van der Waals surface area contributed by atoms with Crippen molar-refractivity contribution in [3.8, 4) is 0 Å². The number of anilines is 1. The van der Waals surface area contributed by atoms with Crippen molar-refractivity contribution in [2.45, 2.75) is 26.3 Å². The molecule has 6 nitrogen and oxygen atoms in total. The van der Waals surface area contributed by atoms with Crippen LogP contribution in [0.2, 0.25) is 0 Å². The second-order valence-corrected chi connectivity index (χ2v) is 4.29. The maximum atomic E-state index is 12.3. The number of aliphatic carboxylic acids is 1. The Bertz CT molecular complexity index is 436. The Morgan fingerprint density at radius 2 is 2.16 bits per heavy atom. The summed E-state index contributed by atoms with van der Waals surface area (Å²) < 4.78 is 0. The van der Waals surface area contributed by atoms with Crippen molar-refractivity contribution in [1.82, 2.24) is 9.88 Å². The lowest BCUT2D eigenvalue weighted by Gasteiger charge is -2.31. The van der Waals surface area contributed by atoms with Gasteiger partial charge in [-0.05, 0) is 26.0 Å². The van der Waals surface area contributed by atoms with E-state index >= 15 is 0 Å². The van der Waals surface area contributed by atoms with Crippen LogP contribution >= 0.6 is 0 Å². The molecular formula is C13H19N3O3. The molecule has 0 saturated carbocycles. The summed E-state index contributed by atoms with van der Waals surface area (Å²) in [5, 5.41) is 8.80. The Hall–Kier alpha value is -2.11. The van der Waals surface area contributed by atoms with Gasteiger partial charge < -0.3 is 10.0 Å². The minimum Gasteiger partial charge on any atom is -0.481 e. The van der Waals surface area contributed by atoms with Crippen LogP contribution < -0.4 is 4.90 Å². The maximum Gasteiger partial charge on any atom is 0.324 e. The van der Waals surface area contributed by atoms with Crippen LogP contribution in [0.1, 0.15) is 20.3 Å². The minimum absolute atomic E-state index is 0.0690. The fraction of sp³-hybridized carbons (Fsp3) is 0.462. The number of urea groups is 1. The zero-order valence-corrected chi connectivity index (χ0v) is 11.4. The Labute approximate surface area is 112 Å². The molecule has 2 amide bonds. The van der Waals surface area contributed by atoms with Crippen LogP contribution in [0.3, 0.4) is 0 Å². The summed E-state index contributed by atoms with van der Waals surface area (Å²) in [6.07, 6.45) is 3.15. The third-order valence-electron chi connectivity index (χ3n) is 2.91. The average molecular weight is 265 g/mol. The van der Waals surface area contributed by atoms with Crippen molar-refractivity contribution in [1.29, 1.82) is 0 Å². The van der Waals surface area contributed by atoms with Gasteiger partial charge in [0.25, 0.3) is 0 Å². The lowest BCUT2D eigenvalue weighted by Crippen LogP contribution is -2.46. The molecule has 6 heteroatoms. The molecule has 1 N–H and O–H groups in total. The average Bonchev–Trinajstić information content (AvgIpc) is 2.38. The summed E-state index contributed by atoms with van der Waals surface area (Å²) >= 11 is 0. The lowest BCUT2D eigenvalue weighted by atomic mass is 10.2. The number of hydrogen-bond donors (Lipinski definition) is 1. The van der Waals surface area contributed by atoms with Crippen LogP contribution in [0.5, 0.6) is 0 Å². The monoisotopic (exact) mass is 265 g/mol. The summed E-state index contributed by atoms with van der Waals surface area (Å²) in [6.45, 7) is 4.01. The molecule has 0 radical (unpaired) electrons. The molecule has 0 fully saturated rings. The second kappa shape index (κ2) is 6.72. The molecule has 0 saturated heterocycles. The smallest absolute Gasteiger partial charge is 0.324 e. The topological polar surface area (TPSA) is 73.7 Å². The van der Waals surface area contributed by atoms with Gasteiger partial charge in [-0.2, -0.15) is 0 Å². The molecular weight excluding hydrogens is 246 g/mol. The molecule has 1 heterocycles. The molecule has 1 atom stereocenters. The highest BCUT2D eigenvalue weighted by Gasteiger charge is 2.24. The van der Waals surface area contributed by atoms with E-state index in [4.69, 9.17) is 5.11 Å². The number of pyridine rings is 1. The highest BCUT2D eigenvalue weighted by atomic mass is 16.4. The molecule has 0 aromatic carbocycles. The number of aromatic nitrogens is 1. The first-order chi connectivity index (χ1) is 8.97. The van der Waals surface area contributed by atoms with E-state index in [1.165, 1.54) is 9.80 Å². The van der Waals surface area contributed by atoms with Gasteiger partial charge in [0.2, 0.25) is 0 Å². The standard InChI is InChI=1S/C13H19N3O3/c1-4-16(10(2)8-12(17)18)13(19)15(3)11-6-5-7-14-9-11/h5-7,9-10H,4,8H2,1-3H3,(H,17,18). The summed E-state index contributed by atoms with van der Waals surface area (Å²) in [5.41, 5.74) is 0.675. The van der Waals surface area contributed by atoms with Crippen molar-refractivity contribution in [2.75, 3.05) is 18.5 Å². The lowest BCUT2D eigenvalue weighted by molar-refractivity contribution is -0.138. The molecule has 1 unspecified atom stereocenters. The number of carboxylic acid groups (broad SMARTS) is 1. The number of carboxylic acids is 1. The molecule has 0 spiro atoms. The number of carbonyl (C=O) groups excluding carboxylic acids is 1. The van der Waals surface area contributed by atoms with Crippen LogP contribution in [-0.2, 0) is 4.79 Å². The van der Waals surface area contributed by atoms with Crippen molar-refractivity contribution in [2.24, 2.45) is 0 Å². The fourth-order valence-corrected chi connectivity index (χ4v) is 1.85. The van der Waals surface area contributed by atoms with Gasteiger partial charge in [-0.15, -0.1) is 0 Å². The Kier molecular flexibility index (Phi) is 5.29. The molecule has 0 aliphatic heterocycles. The van der Waals surface area contributed by atoms with E-state index in [-0.39, 0.29) is 18.5 Å². The predicted molar refractivity (Wildman–Crippen MR) is 72.1 cm³/mol. The van der Waals surface area contributed by atoms with Gasteiger partial charge in [-0.3, -0.25) is 14.7 Å². The number of hydrogen-bond acceptors (Lipinski definition) is 3. The Morgan fingerprint density at radius 1 is 1.47 bits per heavy atom. The molecule has 1 rings (SSSR count). The molecule has 104 valence electrons. The van der Waals surface area contributed by atoms with Crippen molar-refractivity contribution in [3.05, 3.63) is 24.5 Å². The van der Waals surface area contributed by atoms with E-state index in [0.29, 0.717) is 12.2 Å². The second-order valence-electron chi connectivity index (χ2n) is 4.29. The highest BCUT2D eigenvalue weighted by Crippen LogP contribution is 2.14. The summed E-state index contributed by atoms with van der Waals surface area (Å²) in [4.78, 5) is 30.0. The van der Waals surface area contributed by atoms with E-state index in [9.17, 15) is 9.59 Å². The van der Waals surface area contributed by atoms with Crippen LogP contribution in [0.15, 0.2) is 24.5 Å². The molecule has 1 aromatic rings. The van der Waals surface area contributed by atoms with Crippen LogP contribution in [0.4, 0.5) is 10.5 Å². The maximum absolute atomic E-state index is 12.3. The number of nitrogens with zero attached hydrogens (tertiary/aromatic N) is 3. The van der Waals surface area contributed by atoms with Crippen LogP contribution in [0.25, 0.3) is 0 Å². The molecule has 19 heavy (non-hydrogen) atoms. The molecule has 0 aliphatic carbocycles. The first-order valence-corrected chi connectivity index (χ1v) is 6.13. The van der Waals surface area contributed by atoms with E-state index in [1.807, 2.05) is 6.92 Å². The molecule has 1 aromatic heterocycles. The molecule has 0 aliphatic rings. The van der Waals surface area contributed by atoms with Gasteiger partial charge >= 0.3 is 12.0 Å². The quantitative estimate of drug-likeness (QED) is 0.881. The SMILES string of the molecule is CCN(C(=O)N(C)c1cccnc1)C(C)CC(=O)O. The summed E-state index contributed by atoms with van der Waals surface area (Å²) in [5.74, 6) is -0.914.